The summed E-state index contributed by atoms with van der Waals surface area (Å²) in [6.07, 6.45) is 0. The Kier molecular flexibility index (Phi) is 5.37. The van der Waals surface area contributed by atoms with E-state index in [-0.39, 0.29) is 5.82 Å². The zero-order valence-corrected chi connectivity index (χ0v) is 16.0. The van der Waals surface area contributed by atoms with Gasteiger partial charge in [-0.1, -0.05) is 30.3 Å². The van der Waals surface area contributed by atoms with E-state index in [1.807, 2.05) is 43.3 Å². The Morgan fingerprint density at radius 2 is 1.57 bits per heavy atom. The second kappa shape index (κ2) is 8.25. The summed E-state index contributed by atoms with van der Waals surface area (Å²) in [4.78, 5) is 13.8. The molecule has 0 bridgehead atoms. The van der Waals surface area contributed by atoms with Gasteiger partial charge in [0.25, 0.3) is 0 Å². The molecule has 0 saturated carbocycles. The molecule has 0 atom stereocenters. The number of hydrogen-bond donors (Lipinski definition) is 1. The molecule has 3 aromatic rings. The molecule has 1 aliphatic rings. The summed E-state index contributed by atoms with van der Waals surface area (Å²) in [7, 11) is 0. The van der Waals surface area contributed by atoms with E-state index in [9.17, 15) is 4.39 Å². The number of rotatable bonds is 5. The van der Waals surface area contributed by atoms with Gasteiger partial charge in [-0.2, -0.15) is 4.98 Å². The highest BCUT2D eigenvalue weighted by Gasteiger charge is 2.19. The van der Waals surface area contributed by atoms with Crippen LogP contribution in [0.15, 0.2) is 60.7 Å². The zero-order chi connectivity index (χ0) is 19.3. The molecule has 1 fully saturated rings. The van der Waals surface area contributed by atoms with Gasteiger partial charge in [0, 0.05) is 50.2 Å². The van der Waals surface area contributed by atoms with E-state index in [0.29, 0.717) is 12.5 Å². The maximum absolute atomic E-state index is 13.1. The first-order valence-corrected chi connectivity index (χ1v) is 9.56. The largest absolute Gasteiger partial charge is 0.368 e. The molecule has 2 heterocycles. The highest BCUT2D eigenvalue weighted by atomic mass is 19.1. The molecule has 0 amide bonds. The van der Waals surface area contributed by atoms with Crippen LogP contribution in [0.25, 0.3) is 0 Å². The predicted octanol–water partition coefficient (Wildman–Crippen LogP) is 3.86. The lowest BCUT2D eigenvalue weighted by atomic mass is 10.2. The van der Waals surface area contributed by atoms with Crippen LogP contribution in [0.4, 0.5) is 21.8 Å². The van der Waals surface area contributed by atoms with Gasteiger partial charge in [-0.05, 0) is 36.8 Å². The summed E-state index contributed by atoms with van der Waals surface area (Å²) >= 11 is 0. The topological polar surface area (TPSA) is 44.3 Å². The van der Waals surface area contributed by atoms with Gasteiger partial charge in [-0.25, -0.2) is 9.37 Å². The van der Waals surface area contributed by atoms with Crippen molar-refractivity contribution in [2.45, 2.75) is 13.5 Å². The number of nitrogens with one attached hydrogen (secondary N) is 1. The fraction of sp³-hybridized carbons (Fsp3) is 0.273. The van der Waals surface area contributed by atoms with E-state index in [4.69, 9.17) is 4.98 Å². The van der Waals surface area contributed by atoms with Crippen molar-refractivity contribution in [2.24, 2.45) is 0 Å². The van der Waals surface area contributed by atoms with Crippen molar-refractivity contribution in [1.29, 1.82) is 0 Å². The Labute approximate surface area is 164 Å². The van der Waals surface area contributed by atoms with E-state index in [1.54, 1.807) is 0 Å². The molecule has 28 heavy (non-hydrogen) atoms. The Balaban J connectivity index is 1.40. The van der Waals surface area contributed by atoms with Gasteiger partial charge in [0.1, 0.15) is 11.6 Å². The first-order chi connectivity index (χ1) is 13.7. The number of piperazine rings is 1. The Bertz CT molecular complexity index is 906. The smallest absolute Gasteiger partial charge is 0.225 e. The molecule has 144 valence electrons. The van der Waals surface area contributed by atoms with Gasteiger partial charge in [0.05, 0.1) is 0 Å². The third kappa shape index (κ3) is 4.39. The minimum Gasteiger partial charge on any atom is -0.368 e. The van der Waals surface area contributed by atoms with E-state index < -0.39 is 0 Å². The maximum atomic E-state index is 13.1. The van der Waals surface area contributed by atoms with Crippen LogP contribution >= 0.6 is 0 Å². The van der Waals surface area contributed by atoms with Crippen molar-refractivity contribution < 1.29 is 4.39 Å². The zero-order valence-electron chi connectivity index (χ0n) is 16.0. The molecule has 0 unspecified atom stereocenters. The monoisotopic (exact) mass is 377 g/mol. The van der Waals surface area contributed by atoms with Crippen molar-refractivity contribution in [2.75, 3.05) is 41.3 Å². The number of benzene rings is 2. The summed E-state index contributed by atoms with van der Waals surface area (Å²) in [5, 5.41) is 3.33. The van der Waals surface area contributed by atoms with Crippen LogP contribution in [-0.4, -0.2) is 36.1 Å². The first kappa shape index (κ1) is 18.2. The van der Waals surface area contributed by atoms with Crippen LogP contribution in [-0.2, 0) is 6.54 Å². The van der Waals surface area contributed by atoms with Crippen LogP contribution in [0.1, 0.15) is 11.3 Å². The van der Waals surface area contributed by atoms with Gasteiger partial charge in [0.2, 0.25) is 5.95 Å². The van der Waals surface area contributed by atoms with Crippen LogP contribution in [0, 0.1) is 12.7 Å². The average molecular weight is 377 g/mol. The first-order valence-electron chi connectivity index (χ1n) is 9.56. The number of aryl methyl sites for hydroxylation is 1. The molecule has 1 aromatic heterocycles. The molecule has 0 spiro atoms. The lowest BCUT2D eigenvalue weighted by molar-refractivity contribution is 0.624. The molecular formula is C22H24FN5. The van der Waals surface area contributed by atoms with Crippen molar-refractivity contribution >= 4 is 17.5 Å². The number of aromatic nitrogens is 2. The molecule has 0 aliphatic carbocycles. The third-order valence-electron chi connectivity index (χ3n) is 4.93. The van der Waals surface area contributed by atoms with Crippen LogP contribution in [0.5, 0.6) is 0 Å². The molecule has 0 radical (unpaired) electrons. The number of halogens is 1. The molecule has 1 aliphatic heterocycles. The van der Waals surface area contributed by atoms with Crippen molar-refractivity contribution in [1.82, 2.24) is 9.97 Å². The standard InChI is InChI=1S/C22H24FN5/c1-17-15-21(26-22(25-17)24-16-18-5-3-2-4-6-18)28-13-11-27(12-14-28)20-9-7-19(23)8-10-20/h2-10,15H,11-14,16H2,1H3,(H,24,25,26). The molecule has 1 saturated heterocycles. The van der Waals surface area contributed by atoms with Crippen LogP contribution in [0.3, 0.4) is 0 Å². The Hall–Kier alpha value is -3.15. The van der Waals surface area contributed by atoms with Crippen molar-refractivity contribution in [3.05, 3.63) is 77.7 Å². The maximum Gasteiger partial charge on any atom is 0.225 e. The second-order valence-corrected chi connectivity index (χ2v) is 6.98. The van der Waals surface area contributed by atoms with Gasteiger partial charge >= 0.3 is 0 Å². The lowest BCUT2D eigenvalue weighted by Crippen LogP contribution is -2.46. The second-order valence-electron chi connectivity index (χ2n) is 6.98. The average Bonchev–Trinajstić information content (AvgIpc) is 2.73. The predicted molar refractivity (Wildman–Crippen MR) is 111 cm³/mol. The molecule has 2 aromatic carbocycles. The highest BCUT2D eigenvalue weighted by molar-refractivity contribution is 5.50. The van der Waals surface area contributed by atoms with E-state index >= 15 is 0 Å². The quantitative estimate of drug-likeness (QED) is 0.731. The van der Waals surface area contributed by atoms with Gasteiger partial charge in [0.15, 0.2) is 0 Å². The molecule has 6 heteroatoms. The minimum atomic E-state index is -0.200. The summed E-state index contributed by atoms with van der Waals surface area (Å²) in [5.74, 6) is 1.40. The minimum absolute atomic E-state index is 0.200. The fourth-order valence-corrected chi connectivity index (χ4v) is 3.42. The van der Waals surface area contributed by atoms with Crippen LogP contribution < -0.4 is 15.1 Å². The van der Waals surface area contributed by atoms with E-state index in [1.165, 1.54) is 17.7 Å². The number of anilines is 3. The third-order valence-corrected chi connectivity index (χ3v) is 4.93. The summed E-state index contributed by atoms with van der Waals surface area (Å²) in [6.45, 7) is 6.18. The molecule has 5 nitrogen and oxygen atoms in total. The number of nitrogens with zero attached hydrogens (tertiary/aromatic N) is 4. The van der Waals surface area contributed by atoms with Crippen molar-refractivity contribution in [3.63, 3.8) is 0 Å². The fourth-order valence-electron chi connectivity index (χ4n) is 3.42. The van der Waals surface area contributed by atoms with E-state index in [2.05, 4.69) is 32.2 Å². The summed E-state index contributed by atoms with van der Waals surface area (Å²) in [5.41, 5.74) is 3.20. The van der Waals surface area contributed by atoms with Gasteiger partial charge in [-0.15, -0.1) is 0 Å². The normalized spacial score (nSPS) is 14.2. The lowest BCUT2D eigenvalue weighted by Gasteiger charge is -2.36. The molecular weight excluding hydrogens is 353 g/mol. The SMILES string of the molecule is Cc1cc(N2CCN(c3ccc(F)cc3)CC2)nc(NCc2ccccc2)n1. The highest BCUT2D eigenvalue weighted by Crippen LogP contribution is 2.21. The van der Waals surface area contributed by atoms with Crippen molar-refractivity contribution in [3.8, 4) is 0 Å². The Morgan fingerprint density at radius 3 is 2.29 bits per heavy atom. The summed E-state index contributed by atoms with van der Waals surface area (Å²) < 4.78 is 13.1. The van der Waals surface area contributed by atoms with Gasteiger partial charge in [-0.3, -0.25) is 0 Å². The molecule has 1 N–H and O–H groups in total. The number of hydrogen-bond acceptors (Lipinski definition) is 5. The van der Waals surface area contributed by atoms with Crippen LogP contribution in [0.2, 0.25) is 0 Å². The van der Waals surface area contributed by atoms with Gasteiger partial charge < -0.3 is 15.1 Å². The van der Waals surface area contributed by atoms with E-state index in [0.717, 1.165) is 43.4 Å². The summed E-state index contributed by atoms with van der Waals surface area (Å²) in [6, 6.07) is 19.0. The Morgan fingerprint density at radius 1 is 0.893 bits per heavy atom. The molecule has 4 rings (SSSR count).